The standard InChI is InChI=1S/C22H20N4O4S/c1-13-6-5-9-17(14(13)2)30-12-18(27)23-22-25-24-19(31-22)10-11-26-20(28)15-7-3-4-8-16(15)21(26)29/h3-9H,10-12H2,1-2H3,(H,23,25,27). The highest BCUT2D eigenvalue weighted by atomic mass is 32.1. The normalized spacial score (nSPS) is 12.8. The van der Waals surface area contributed by atoms with Gasteiger partial charge in [0.15, 0.2) is 6.61 Å². The molecule has 0 aliphatic carbocycles. The summed E-state index contributed by atoms with van der Waals surface area (Å²) in [4.78, 5) is 38.2. The fraction of sp³-hybridized carbons (Fsp3) is 0.227. The van der Waals surface area contributed by atoms with E-state index in [0.717, 1.165) is 11.1 Å². The number of carbonyl (C=O) groups excluding carboxylic acids is 3. The Balaban J connectivity index is 1.30. The van der Waals surface area contributed by atoms with E-state index < -0.39 is 0 Å². The average molecular weight is 436 g/mol. The number of aryl methyl sites for hydroxylation is 1. The van der Waals surface area contributed by atoms with Gasteiger partial charge in [0, 0.05) is 13.0 Å². The highest BCUT2D eigenvalue weighted by molar-refractivity contribution is 7.15. The van der Waals surface area contributed by atoms with Gasteiger partial charge < -0.3 is 4.74 Å². The molecule has 4 rings (SSSR count). The van der Waals surface area contributed by atoms with E-state index in [4.69, 9.17) is 4.74 Å². The van der Waals surface area contributed by atoms with Crippen molar-refractivity contribution in [3.63, 3.8) is 0 Å². The first-order valence-electron chi connectivity index (χ1n) is 9.70. The van der Waals surface area contributed by atoms with Crippen LogP contribution in [-0.2, 0) is 11.2 Å². The Hall–Kier alpha value is -3.59. The second-order valence-electron chi connectivity index (χ2n) is 7.09. The summed E-state index contributed by atoms with van der Waals surface area (Å²) in [6.07, 6.45) is 0.359. The summed E-state index contributed by atoms with van der Waals surface area (Å²) in [7, 11) is 0. The molecule has 31 heavy (non-hydrogen) atoms. The Bertz CT molecular complexity index is 1140. The first kappa shape index (κ1) is 20.7. The zero-order valence-corrected chi connectivity index (χ0v) is 17.9. The molecule has 0 spiro atoms. The second-order valence-corrected chi connectivity index (χ2v) is 8.16. The van der Waals surface area contributed by atoms with E-state index >= 15 is 0 Å². The minimum atomic E-state index is -0.344. The van der Waals surface area contributed by atoms with Crippen molar-refractivity contribution < 1.29 is 19.1 Å². The van der Waals surface area contributed by atoms with Gasteiger partial charge in [-0.25, -0.2) is 0 Å². The molecule has 2 aromatic carbocycles. The molecule has 3 aromatic rings. The Kier molecular flexibility index (Phi) is 5.77. The van der Waals surface area contributed by atoms with E-state index in [9.17, 15) is 14.4 Å². The summed E-state index contributed by atoms with van der Waals surface area (Å²) in [5, 5.41) is 11.6. The number of carbonyl (C=O) groups is 3. The van der Waals surface area contributed by atoms with E-state index in [2.05, 4.69) is 15.5 Å². The van der Waals surface area contributed by atoms with Crippen molar-refractivity contribution in [1.29, 1.82) is 0 Å². The van der Waals surface area contributed by atoms with Crippen molar-refractivity contribution in [2.75, 3.05) is 18.5 Å². The van der Waals surface area contributed by atoms with Crippen molar-refractivity contribution in [3.8, 4) is 5.75 Å². The smallest absolute Gasteiger partial charge is 0.264 e. The molecule has 2 heterocycles. The van der Waals surface area contributed by atoms with Gasteiger partial charge >= 0.3 is 0 Å². The Morgan fingerprint density at radius 1 is 1.03 bits per heavy atom. The monoisotopic (exact) mass is 436 g/mol. The molecule has 3 amide bonds. The SMILES string of the molecule is Cc1cccc(OCC(=O)Nc2nnc(CCN3C(=O)c4ccccc4C3=O)s2)c1C. The molecule has 0 radical (unpaired) electrons. The summed E-state index contributed by atoms with van der Waals surface area (Å²) >= 11 is 1.20. The molecule has 9 heteroatoms. The highest BCUT2D eigenvalue weighted by Gasteiger charge is 2.34. The van der Waals surface area contributed by atoms with Crippen molar-refractivity contribution in [1.82, 2.24) is 15.1 Å². The van der Waals surface area contributed by atoms with Crippen molar-refractivity contribution >= 4 is 34.2 Å². The predicted octanol–water partition coefficient (Wildman–Crippen LogP) is 3.01. The van der Waals surface area contributed by atoms with Crippen LogP contribution in [0.15, 0.2) is 42.5 Å². The summed E-state index contributed by atoms with van der Waals surface area (Å²) < 4.78 is 5.59. The first-order valence-corrected chi connectivity index (χ1v) is 10.5. The lowest BCUT2D eigenvalue weighted by molar-refractivity contribution is -0.118. The van der Waals surface area contributed by atoms with Crippen molar-refractivity contribution in [2.45, 2.75) is 20.3 Å². The number of anilines is 1. The van der Waals surface area contributed by atoms with E-state index in [1.165, 1.54) is 16.2 Å². The molecule has 0 atom stereocenters. The predicted molar refractivity (Wildman–Crippen MR) is 115 cm³/mol. The fourth-order valence-corrected chi connectivity index (χ4v) is 3.98. The number of rotatable bonds is 7. The Morgan fingerprint density at radius 2 is 1.74 bits per heavy atom. The summed E-state index contributed by atoms with van der Waals surface area (Å²) in [6, 6.07) is 12.4. The third kappa shape index (κ3) is 4.31. The number of nitrogens with one attached hydrogen (secondary N) is 1. The minimum Gasteiger partial charge on any atom is -0.483 e. The first-order chi connectivity index (χ1) is 14.9. The Labute approximate surface area is 182 Å². The zero-order chi connectivity index (χ0) is 22.0. The van der Waals surface area contributed by atoms with Gasteiger partial charge in [-0.05, 0) is 43.2 Å². The number of benzene rings is 2. The lowest BCUT2D eigenvalue weighted by Crippen LogP contribution is -2.31. The number of imide groups is 1. The number of hydrogen-bond donors (Lipinski definition) is 1. The number of nitrogens with zero attached hydrogens (tertiary/aromatic N) is 3. The lowest BCUT2D eigenvalue weighted by Gasteiger charge is -2.12. The molecule has 0 saturated carbocycles. The fourth-order valence-electron chi connectivity index (χ4n) is 3.23. The molecule has 0 bridgehead atoms. The lowest BCUT2D eigenvalue weighted by atomic mass is 10.1. The van der Waals surface area contributed by atoms with Crippen molar-refractivity contribution in [3.05, 3.63) is 69.7 Å². The maximum atomic E-state index is 12.4. The van der Waals surface area contributed by atoms with Gasteiger partial charge in [-0.2, -0.15) is 0 Å². The molecule has 0 fully saturated rings. The van der Waals surface area contributed by atoms with E-state index in [0.29, 0.717) is 33.4 Å². The van der Waals surface area contributed by atoms with Crippen LogP contribution in [0.1, 0.15) is 36.9 Å². The topological polar surface area (TPSA) is 101 Å². The molecular weight excluding hydrogens is 416 g/mol. The van der Waals surface area contributed by atoms with Gasteiger partial charge in [0.25, 0.3) is 17.7 Å². The molecule has 1 aliphatic rings. The van der Waals surface area contributed by atoms with Gasteiger partial charge in [0.1, 0.15) is 10.8 Å². The van der Waals surface area contributed by atoms with Gasteiger partial charge in [-0.1, -0.05) is 35.6 Å². The van der Waals surface area contributed by atoms with Crippen LogP contribution < -0.4 is 10.1 Å². The number of hydrogen-bond acceptors (Lipinski definition) is 7. The summed E-state index contributed by atoms with van der Waals surface area (Å²) in [6.45, 7) is 3.97. The maximum absolute atomic E-state index is 12.4. The van der Waals surface area contributed by atoms with Crippen LogP contribution in [-0.4, -0.2) is 46.0 Å². The zero-order valence-electron chi connectivity index (χ0n) is 17.0. The molecule has 1 N–H and O–H groups in total. The van der Waals surface area contributed by atoms with Gasteiger partial charge in [-0.3, -0.25) is 24.6 Å². The van der Waals surface area contributed by atoms with Crippen LogP contribution in [0.3, 0.4) is 0 Å². The van der Waals surface area contributed by atoms with Gasteiger partial charge in [0.2, 0.25) is 5.13 Å². The second kappa shape index (κ2) is 8.65. The van der Waals surface area contributed by atoms with Crippen LogP contribution in [0.5, 0.6) is 5.75 Å². The summed E-state index contributed by atoms with van der Waals surface area (Å²) in [5.41, 5.74) is 2.91. The van der Waals surface area contributed by atoms with E-state index in [1.54, 1.807) is 24.3 Å². The van der Waals surface area contributed by atoms with Gasteiger partial charge in [0.05, 0.1) is 11.1 Å². The molecule has 0 unspecified atom stereocenters. The highest BCUT2D eigenvalue weighted by Crippen LogP contribution is 2.24. The number of ether oxygens (including phenoxy) is 1. The van der Waals surface area contributed by atoms with Crippen LogP contribution >= 0.6 is 11.3 Å². The molecule has 1 aliphatic heterocycles. The number of aromatic nitrogens is 2. The third-order valence-electron chi connectivity index (χ3n) is 5.05. The molecule has 8 nitrogen and oxygen atoms in total. The van der Waals surface area contributed by atoms with E-state index in [1.807, 2.05) is 32.0 Å². The number of fused-ring (bicyclic) bond motifs is 1. The minimum absolute atomic E-state index is 0.145. The molecular formula is C22H20N4O4S. The Morgan fingerprint density at radius 3 is 2.45 bits per heavy atom. The van der Waals surface area contributed by atoms with E-state index in [-0.39, 0.29) is 30.9 Å². The summed E-state index contributed by atoms with van der Waals surface area (Å²) in [5.74, 6) is -0.289. The van der Waals surface area contributed by atoms with Crippen molar-refractivity contribution in [2.24, 2.45) is 0 Å². The quantitative estimate of drug-likeness (QED) is 0.572. The van der Waals surface area contributed by atoms with Gasteiger partial charge in [-0.15, -0.1) is 10.2 Å². The molecule has 1 aromatic heterocycles. The molecule has 158 valence electrons. The van der Waals surface area contributed by atoms with Crippen LogP contribution in [0, 0.1) is 13.8 Å². The average Bonchev–Trinajstić information content (AvgIpc) is 3.30. The van der Waals surface area contributed by atoms with Crippen LogP contribution in [0.4, 0.5) is 5.13 Å². The van der Waals surface area contributed by atoms with Crippen LogP contribution in [0.25, 0.3) is 0 Å². The largest absolute Gasteiger partial charge is 0.483 e. The maximum Gasteiger partial charge on any atom is 0.264 e. The van der Waals surface area contributed by atoms with Crippen LogP contribution in [0.2, 0.25) is 0 Å². The molecule has 0 saturated heterocycles. The third-order valence-corrected chi connectivity index (χ3v) is 5.95. The number of amides is 3.